The van der Waals surface area contributed by atoms with Crippen LogP contribution in [0, 0.1) is 0 Å². The van der Waals surface area contributed by atoms with Gasteiger partial charge < -0.3 is 10.1 Å². The van der Waals surface area contributed by atoms with Gasteiger partial charge in [0.15, 0.2) is 0 Å². The molecule has 3 rings (SSSR count). The summed E-state index contributed by atoms with van der Waals surface area (Å²) in [6.45, 7) is 1.91. The predicted octanol–water partition coefficient (Wildman–Crippen LogP) is 2.72. The minimum atomic E-state index is 0.275. The van der Waals surface area contributed by atoms with E-state index in [0.29, 0.717) is 6.10 Å². The highest BCUT2D eigenvalue weighted by atomic mass is 32.1. The lowest BCUT2D eigenvalue weighted by atomic mass is 9.98. The Balaban J connectivity index is 1.42. The van der Waals surface area contributed by atoms with Crippen molar-refractivity contribution in [1.82, 2.24) is 10.3 Å². The fourth-order valence-electron chi connectivity index (χ4n) is 3.11. The number of ether oxygens (including phenoxy) is 1. The normalized spacial score (nSPS) is 26.9. The molecule has 2 aliphatic rings. The maximum atomic E-state index is 6.25. The largest absolute Gasteiger partial charge is 0.370 e. The van der Waals surface area contributed by atoms with Crippen LogP contribution in [0.15, 0.2) is 11.7 Å². The molecule has 0 radical (unpaired) electrons. The smallest absolute Gasteiger partial charge is 0.0794 e. The van der Waals surface area contributed by atoms with Crippen molar-refractivity contribution in [2.75, 3.05) is 6.54 Å². The molecule has 1 aliphatic carbocycles. The average Bonchev–Trinajstić information content (AvgIpc) is 3.04. The minimum absolute atomic E-state index is 0.275. The Morgan fingerprint density at radius 2 is 2.29 bits per heavy atom. The average molecular weight is 252 g/mol. The van der Waals surface area contributed by atoms with Gasteiger partial charge in [-0.2, -0.15) is 0 Å². The van der Waals surface area contributed by atoms with Crippen molar-refractivity contribution < 1.29 is 4.74 Å². The maximum Gasteiger partial charge on any atom is 0.0794 e. The molecule has 0 aromatic carbocycles. The fraction of sp³-hybridized carbons (Fsp3) is 0.769. The summed E-state index contributed by atoms with van der Waals surface area (Å²) in [7, 11) is 0. The van der Waals surface area contributed by atoms with Gasteiger partial charge in [-0.1, -0.05) is 12.8 Å². The molecule has 1 aromatic rings. The molecule has 2 fully saturated rings. The Bertz CT molecular complexity index is 346. The van der Waals surface area contributed by atoms with Crippen molar-refractivity contribution in [2.24, 2.45) is 0 Å². The monoisotopic (exact) mass is 252 g/mol. The molecule has 1 saturated heterocycles. The zero-order valence-corrected chi connectivity index (χ0v) is 11.0. The number of nitrogens with one attached hydrogen (secondary N) is 1. The topological polar surface area (TPSA) is 34.2 Å². The molecule has 1 atom stereocenters. The highest BCUT2D eigenvalue weighted by molar-refractivity contribution is 7.09. The summed E-state index contributed by atoms with van der Waals surface area (Å²) in [6.07, 6.45) is 10.2. The fourth-order valence-corrected chi connectivity index (χ4v) is 3.68. The number of aromatic nitrogens is 1. The zero-order chi connectivity index (χ0) is 11.6. The van der Waals surface area contributed by atoms with E-state index in [1.165, 1.54) is 43.4 Å². The summed E-state index contributed by atoms with van der Waals surface area (Å²) in [4.78, 5) is 5.38. The van der Waals surface area contributed by atoms with E-state index in [2.05, 4.69) is 10.3 Å². The van der Waals surface area contributed by atoms with E-state index in [4.69, 9.17) is 4.74 Å². The number of hydrogen-bond acceptors (Lipinski definition) is 4. The van der Waals surface area contributed by atoms with E-state index in [1.807, 2.05) is 11.7 Å². The third kappa shape index (κ3) is 2.69. The second-order valence-electron chi connectivity index (χ2n) is 5.27. The summed E-state index contributed by atoms with van der Waals surface area (Å²) in [5.41, 5.74) is 2.16. The van der Waals surface area contributed by atoms with Gasteiger partial charge in [0.25, 0.3) is 0 Å². The molecule has 1 spiro atoms. The van der Waals surface area contributed by atoms with Crippen molar-refractivity contribution in [1.29, 1.82) is 0 Å². The van der Waals surface area contributed by atoms with Crippen LogP contribution in [0.5, 0.6) is 0 Å². The third-order valence-electron chi connectivity index (χ3n) is 4.01. The SMILES string of the molecule is c1ncc(CNCC2CCC3(CCCC3)O2)s1. The molecule has 17 heavy (non-hydrogen) atoms. The van der Waals surface area contributed by atoms with Crippen molar-refractivity contribution in [2.45, 2.75) is 56.8 Å². The van der Waals surface area contributed by atoms with Crippen LogP contribution in [-0.4, -0.2) is 23.2 Å². The second kappa shape index (κ2) is 5.04. The third-order valence-corrected chi connectivity index (χ3v) is 4.79. The van der Waals surface area contributed by atoms with Crippen LogP contribution in [0.25, 0.3) is 0 Å². The highest BCUT2D eigenvalue weighted by Crippen LogP contribution is 2.43. The molecule has 4 heteroatoms. The Labute approximate surface area is 107 Å². The molecule has 0 amide bonds. The molecule has 3 nitrogen and oxygen atoms in total. The van der Waals surface area contributed by atoms with E-state index in [1.54, 1.807) is 11.3 Å². The summed E-state index contributed by atoms with van der Waals surface area (Å²) in [5.74, 6) is 0. The predicted molar refractivity (Wildman–Crippen MR) is 69.1 cm³/mol. The van der Waals surface area contributed by atoms with Crippen LogP contribution < -0.4 is 5.32 Å². The molecular weight excluding hydrogens is 232 g/mol. The molecule has 94 valence electrons. The van der Waals surface area contributed by atoms with Crippen LogP contribution in [0.2, 0.25) is 0 Å². The molecule has 1 aliphatic heterocycles. The molecule has 0 bridgehead atoms. The van der Waals surface area contributed by atoms with E-state index in [0.717, 1.165) is 13.1 Å². The first-order chi connectivity index (χ1) is 8.36. The van der Waals surface area contributed by atoms with Crippen molar-refractivity contribution in [3.05, 3.63) is 16.6 Å². The van der Waals surface area contributed by atoms with Gasteiger partial charge in [-0.05, 0) is 25.7 Å². The Kier molecular flexibility index (Phi) is 3.45. The van der Waals surface area contributed by atoms with Gasteiger partial charge in [0.1, 0.15) is 0 Å². The summed E-state index contributed by atoms with van der Waals surface area (Å²) in [5, 5.41) is 3.48. The lowest BCUT2D eigenvalue weighted by Gasteiger charge is -2.23. The first-order valence-electron chi connectivity index (χ1n) is 6.62. The minimum Gasteiger partial charge on any atom is -0.370 e. The molecule has 1 saturated carbocycles. The molecule has 1 unspecified atom stereocenters. The van der Waals surface area contributed by atoms with Gasteiger partial charge in [0.2, 0.25) is 0 Å². The van der Waals surface area contributed by atoms with E-state index in [9.17, 15) is 0 Å². The van der Waals surface area contributed by atoms with E-state index < -0.39 is 0 Å². The van der Waals surface area contributed by atoms with E-state index in [-0.39, 0.29) is 5.60 Å². The summed E-state index contributed by atoms with van der Waals surface area (Å²) in [6, 6.07) is 0. The van der Waals surface area contributed by atoms with Gasteiger partial charge in [-0.3, -0.25) is 4.98 Å². The zero-order valence-electron chi connectivity index (χ0n) is 10.2. The summed E-state index contributed by atoms with van der Waals surface area (Å²) >= 11 is 1.71. The van der Waals surface area contributed by atoms with Crippen LogP contribution >= 0.6 is 11.3 Å². The quantitative estimate of drug-likeness (QED) is 0.894. The lowest BCUT2D eigenvalue weighted by Crippen LogP contribution is -2.30. The van der Waals surface area contributed by atoms with Crippen molar-refractivity contribution >= 4 is 11.3 Å². The first-order valence-corrected chi connectivity index (χ1v) is 7.50. The lowest BCUT2D eigenvalue weighted by molar-refractivity contribution is -0.0351. The molecular formula is C13H20N2OS. The van der Waals surface area contributed by atoms with Crippen LogP contribution in [0.4, 0.5) is 0 Å². The highest BCUT2D eigenvalue weighted by Gasteiger charge is 2.41. The Morgan fingerprint density at radius 3 is 3.06 bits per heavy atom. The maximum absolute atomic E-state index is 6.25. The van der Waals surface area contributed by atoms with Gasteiger partial charge in [0.05, 0.1) is 17.2 Å². The summed E-state index contributed by atoms with van der Waals surface area (Å²) < 4.78 is 6.25. The van der Waals surface area contributed by atoms with Gasteiger partial charge in [-0.15, -0.1) is 11.3 Å². The van der Waals surface area contributed by atoms with Gasteiger partial charge in [-0.25, -0.2) is 0 Å². The van der Waals surface area contributed by atoms with Crippen LogP contribution in [0.1, 0.15) is 43.4 Å². The number of nitrogens with zero attached hydrogens (tertiary/aromatic N) is 1. The number of thiazole rings is 1. The molecule has 1 N–H and O–H groups in total. The molecule has 1 aromatic heterocycles. The van der Waals surface area contributed by atoms with Crippen LogP contribution in [-0.2, 0) is 11.3 Å². The Hall–Kier alpha value is -0.450. The van der Waals surface area contributed by atoms with Crippen LogP contribution in [0.3, 0.4) is 0 Å². The van der Waals surface area contributed by atoms with Gasteiger partial charge >= 0.3 is 0 Å². The second-order valence-corrected chi connectivity index (χ2v) is 6.24. The van der Waals surface area contributed by atoms with Gasteiger partial charge in [0, 0.05) is 24.2 Å². The standard InChI is InChI=1S/C13H20N2OS/c1-2-5-13(4-1)6-3-11(16-13)7-14-8-12-9-15-10-17-12/h9-11,14H,1-8H2. The first kappa shape index (κ1) is 11.6. The number of rotatable bonds is 4. The van der Waals surface area contributed by atoms with Crippen molar-refractivity contribution in [3.63, 3.8) is 0 Å². The Morgan fingerprint density at radius 1 is 1.41 bits per heavy atom. The molecule has 2 heterocycles. The van der Waals surface area contributed by atoms with E-state index >= 15 is 0 Å². The number of hydrogen-bond donors (Lipinski definition) is 1. The van der Waals surface area contributed by atoms with Crippen molar-refractivity contribution in [3.8, 4) is 0 Å².